The van der Waals surface area contributed by atoms with Crippen LogP contribution in [0.15, 0.2) is 12.4 Å². The summed E-state index contributed by atoms with van der Waals surface area (Å²) in [4.78, 5) is 33.0. The number of hydrogen-bond acceptors (Lipinski definition) is 4. The van der Waals surface area contributed by atoms with Crippen LogP contribution in [0.1, 0.15) is 16.8 Å². The molecule has 0 fully saturated rings. The number of carbonyl (C=O) groups is 3. The largest absolute Gasteiger partial charge is 0.480 e. The molecule has 8 nitrogen and oxygen atoms in total. The molecule has 0 aliphatic heterocycles. The molecule has 8 heteroatoms. The Morgan fingerprint density at radius 3 is 2.65 bits per heavy atom. The summed E-state index contributed by atoms with van der Waals surface area (Å²) in [6.45, 7) is 0. The summed E-state index contributed by atoms with van der Waals surface area (Å²) in [6, 6.07) is -1.33. The molecular weight excluding hydrogens is 228 g/mol. The first-order valence-corrected chi connectivity index (χ1v) is 4.70. The smallest absolute Gasteiger partial charge is 0.326 e. The molecule has 0 radical (unpaired) electrons. The van der Waals surface area contributed by atoms with Crippen molar-refractivity contribution >= 4 is 17.8 Å². The molecule has 1 heterocycles. The maximum Gasteiger partial charge on any atom is 0.326 e. The number of amides is 2. The first-order valence-electron chi connectivity index (χ1n) is 4.70. The Bertz CT molecular complexity index is 454. The number of aryl methyl sites for hydroxylation is 1. The fourth-order valence-corrected chi connectivity index (χ4v) is 1.18. The minimum atomic E-state index is -1.33. The van der Waals surface area contributed by atoms with Crippen molar-refractivity contribution in [3.05, 3.63) is 18.0 Å². The first kappa shape index (κ1) is 12.7. The SMILES string of the molecule is Cn1cc(C(=O)N[C@H](CC(N)=O)C(=O)O)cn1. The van der Waals surface area contributed by atoms with Crippen LogP contribution in [0.3, 0.4) is 0 Å². The van der Waals surface area contributed by atoms with Crippen LogP contribution < -0.4 is 11.1 Å². The first-order chi connectivity index (χ1) is 7.90. The Morgan fingerprint density at radius 1 is 1.59 bits per heavy atom. The maximum absolute atomic E-state index is 11.6. The van der Waals surface area contributed by atoms with E-state index in [1.54, 1.807) is 7.05 Å². The van der Waals surface area contributed by atoms with Gasteiger partial charge in [0.15, 0.2) is 0 Å². The van der Waals surface area contributed by atoms with Gasteiger partial charge in [-0.25, -0.2) is 4.79 Å². The molecule has 0 aliphatic carbocycles. The van der Waals surface area contributed by atoms with Gasteiger partial charge in [0.25, 0.3) is 5.91 Å². The monoisotopic (exact) mass is 240 g/mol. The number of aliphatic carboxylic acids is 1. The van der Waals surface area contributed by atoms with E-state index >= 15 is 0 Å². The number of nitrogens with two attached hydrogens (primary N) is 1. The van der Waals surface area contributed by atoms with Gasteiger partial charge < -0.3 is 16.2 Å². The third-order valence-electron chi connectivity index (χ3n) is 1.98. The Balaban J connectivity index is 2.70. The van der Waals surface area contributed by atoms with E-state index in [0.29, 0.717) is 0 Å². The standard InChI is InChI=1S/C9H12N4O4/c1-13-4-5(3-11-13)8(15)12-6(9(16)17)2-7(10)14/h3-4,6H,2H2,1H3,(H2,10,14)(H,12,15)(H,16,17)/t6-/m1/s1. The summed E-state index contributed by atoms with van der Waals surface area (Å²) < 4.78 is 1.40. The van der Waals surface area contributed by atoms with Gasteiger partial charge in [0.05, 0.1) is 18.2 Å². The molecule has 0 aromatic carbocycles. The van der Waals surface area contributed by atoms with Gasteiger partial charge in [0.2, 0.25) is 5.91 Å². The third kappa shape index (κ3) is 3.59. The Labute approximate surface area is 96.4 Å². The van der Waals surface area contributed by atoms with E-state index < -0.39 is 30.2 Å². The van der Waals surface area contributed by atoms with E-state index in [0.717, 1.165) is 0 Å². The molecule has 2 amide bonds. The number of rotatable bonds is 5. The maximum atomic E-state index is 11.6. The minimum Gasteiger partial charge on any atom is -0.480 e. The molecule has 1 aromatic rings. The number of aromatic nitrogens is 2. The van der Waals surface area contributed by atoms with Crippen molar-refractivity contribution in [1.29, 1.82) is 0 Å². The molecule has 0 spiro atoms. The zero-order chi connectivity index (χ0) is 13.0. The summed E-state index contributed by atoms with van der Waals surface area (Å²) >= 11 is 0. The number of nitrogens with zero attached hydrogens (tertiary/aromatic N) is 2. The van der Waals surface area contributed by atoms with Crippen LogP contribution in [-0.2, 0) is 16.6 Å². The summed E-state index contributed by atoms with van der Waals surface area (Å²) in [5, 5.41) is 14.7. The highest BCUT2D eigenvalue weighted by Crippen LogP contribution is 1.99. The lowest BCUT2D eigenvalue weighted by molar-refractivity contribution is -0.140. The average Bonchev–Trinajstić information content (AvgIpc) is 2.63. The zero-order valence-corrected chi connectivity index (χ0v) is 9.08. The van der Waals surface area contributed by atoms with E-state index in [9.17, 15) is 14.4 Å². The van der Waals surface area contributed by atoms with Crippen LogP contribution in [-0.4, -0.2) is 38.7 Å². The van der Waals surface area contributed by atoms with Gasteiger partial charge in [-0.15, -0.1) is 0 Å². The van der Waals surface area contributed by atoms with Crippen molar-refractivity contribution in [2.75, 3.05) is 0 Å². The number of hydrogen-bond donors (Lipinski definition) is 3. The fraction of sp³-hybridized carbons (Fsp3) is 0.333. The molecule has 17 heavy (non-hydrogen) atoms. The van der Waals surface area contributed by atoms with E-state index in [1.807, 2.05) is 0 Å². The fourth-order valence-electron chi connectivity index (χ4n) is 1.18. The molecule has 1 aromatic heterocycles. The van der Waals surface area contributed by atoms with E-state index in [2.05, 4.69) is 10.4 Å². The lowest BCUT2D eigenvalue weighted by Crippen LogP contribution is -2.43. The molecule has 0 aliphatic rings. The Morgan fingerprint density at radius 2 is 2.24 bits per heavy atom. The van der Waals surface area contributed by atoms with Crippen molar-refractivity contribution in [1.82, 2.24) is 15.1 Å². The predicted octanol–water partition coefficient (Wildman–Crippen LogP) is -1.52. The molecule has 1 atom stereocenters. The van der Waals surface area contributed by atoms with Gasteiger partial charge in [-0.2, -0.15) is 5.10 Å². The summed E-state index contributed by atoms with van der Waals surface area (Å²) in [6.07, 6.45) is 2.26. The van der Waals surface area contributed by atoms with Gasteiger partial charge in [-0.1, -0.05) is 0 Å². The summed E-state index contributed by atoms with van der Waals surface area (Å²) in [7, 11) is 1.62. The lowest BCUT2D eigenvalue weighted by Gasteiger charge is -2.11. The number of primary amides is 1. The summed E-state index contributed by atoms with van der Waals surface area (Å²) in [5.74, 6) is -2.74. The van der Waals surface area contributed by atoms with Crippen molar-refractivity contribution in [2.24, 2.45) is 12.8 Å². The Kier molecular flexibility index (Phi) is 3.81. The summed E-state index contributed by atoms with van der Waals surface area (Å²) in [5.41, 5.74) is 5.09. The van der Waals surface area contributed by atoms with Gasteiger partial charge in [0, 0.05) is 13.2 Å². The van der Waals surface area contributed by atoms with Crippen molar-refractivity contribution < 1.29 is 19.5 Å². The number of carbonyl (C=O) groups excluding carboxylic acids is 2. The molecule has 0 saturated carbocycles. The van der Waals surface area contributed by atoms with E-state index in [4.69, 9.17) is 10.8 Å². The molecule has 0 saturated heterocycles. The van der Waals surface area contributed by atoms with Crippen molar-refractivity contribution in [3.63, 3.8) is 0 Å². The number of carboxylic acid groups (broad SMARTS) is 1. The zero-order valence-electron chi connectivity index (χ0n) is 9.08. The van der Waals surface area contributed by atoms with Crippen LogP contribution in [0.2, 0.25) is 0 Å². The second-order valence-electron chi connectivity index (χ2n) is 3.44. The predicted molar refractivity (Wildman–Crippen MR) is 55.9 cm³/mol. The average molecular weight is 240 g/mol. The number of carboxylic acids is 1. The molecule has 4 N–H and O–H groups in total. The van der Waals surface area contributed by atoms with Crippen molar-refractivity contribution in [3.8, 4) is 0 Å². The van der Waals surface area contributed by atoms with Crippen LogP contribution >= 0.6 is 0 Å². The van der Waals surface area contributed by atoms with Crippen LogP contribution in [0, 0.1) is 0 Å². The normalized spacial score (nSPS) is 11.8. The van der Waals surface area contributed by atoms with Gasteiger partial charge >= 0.3 is 5.97 Å². The third-order valence-corrected chi connectivity index (χ3v) is 1.98. The quantitative estimate of drug-likeness (QED) is 0.575. The van der Waals surface area contributed by atoms with Gasteiger partial charge in [-0.3, -0.25) is 14.3 Å². The Hall–Kier alpha value is -2.38. The molecule has 92 valence electrons. The highest BCUT2D eigenvalue weighted by atomic mass is 16.4. The van der Waals surface area contributed by atoms with Crippen LogP contribution in [0.5, 0.6) is 0 Å². The van der Waals surface area contributed by atoms with Crippen LogP contribution in [0.25, 0.3) is 0 Å². The van der Waals surface area contributed by atoms with Gasteiger partial charge in [-0.05, 0) is 0 Å². The molecule has 0 bridgehead atoms. The molecule has 1 rings (SSSR count). The van der Waals surface area contributed by atoms with Crippen molar-refractivity contribution in [2.45, 2.75) is 12.5 Å². The minimum absolute atomic E-state index is 0.211. The van der Waals surface area contributed by atoms with E-state index in [1.165, 1.54) is 17.1 Å². The van der Waals surface area contributed by atoms with Gasteiger partial charge in [0.1, 0.15) is 6.04 Å². The highest BCUT2D eigenvalue weighted by molar-refractivity contribution is 5.97. The lowest BCUT2D eigenvalue weighted by atomic mass is 10.2. The topological polar surface area (TPSA) is 127 Å². The highest BCUT2D eigenvalue weighted by Gasteiger charge is 2.23. The van der Waals surface area contributed by atoms with Crippen LogP contribution in [0.4, 0.5) is 0 Å². The number of nitrogens with one attached hydrogen (secondary N) is 1. The molecular formula is C9H12N4O4. The second-order valence-corrected chi connectivity index (χ2v) is 3.44. The van der Waals surface area contributed by atoms with E-state index in [-0.39, 0.29) is 5.56 Å². The molecule has 0 unspecified atom stereocenters. The second kappa shape index (κ2) is 5.10.